The maximum absolute atomic E-state index is 12.6. The minimum absolute atomic E-state index is 0.184. The highest BCUT2D eigenvalue weighted by atomic mass is 16.5. The van der Waals surface area contributed by atoms with Gasteiger partial charge in [-0.25, -0.2) is 4.98 Å². The first-order chi connectivity index (χ1) is 13.9. The highest BCUT2D eigenvalue weighted by molar-refractivity contribution is 6.05. The summed E-state index contributed by atoms with van der Waals surface area (Å²) >= 11 is 0. The molecule has 5 nitrogen and oxygen atoms in total. The molecule has 4 aromatic rings. The molecule has 1 aromatic heterocycles. The van der Waals surface area contributed by atoms with E-state index in [-0.39, 0.29) is 5.91 Å². The molecule has 0 aliphatic carbocycles. The van der Waals surface area contributed by atoms with Crippen LogP contribution < -0.4 is 10.1 Å². The largest absolute Gasteiger partial charge is 0.497 e. The number of aryl methyl sites for hydroxylation is 3. The first-order valence-corrected chi connectivity index (χ1v) is 9.39. The first-order valence-electron chi connectivity index (χ1n) is 9.39. The lowest BCUT2D eigenvalue weighted by Gasteiger charge is -2.10. The number of hydrogen-bond acceptors (Lipinski definition) is 4. The van der Waals surface area contributed by atoms with Crippen LogP contribution in [0.15, 0.2) is 59.0 Å². The van der Waals surface area contributed by atoms with Crippen LogP contribution in [0.25, 0.3) is 22.6 Å². The predicted molar refractivity (Wildman–Crippen MR) is 115 cm³/mol. The van der Waals surface area contributed by atoms with Crippen molar-refractivity contribution < 1.29 is 13.9 Å². The zero-order valence-electron chi connectivity index (χ0n) is 16.9. The number of fused-ring (bicyclic) bond motifs is 1. The van der Waals surface area contributed by atoms with Gasteiger partial charge in [-0.05, 0) is 86.0 Å². The van der Waals surface area contributed by atoms with E-state index in [0.29, 0.717) is 17.2 Å². The van der Waals surface area contributed by atoms with Crippen LogP contribution in [0.2, 0.25) is 0 Å². The number of nitrogens with one attached hydrogen (secondary N) is 1. The van der Waals surface area contributed by atoms with Gasteiger partial charge in [-0.2, -0.15) is 0 Å². The Hall–Kier alpha value is -3.60. The maximum atomic E-state index is 12.6. The number of benzene rings is 3. The van der Waals surface area contributed by atoms with E-state index in [2.05, 4.69) is 24.1 Å². The van der Waals surface area contributed by atoms with Gasteiger partial charge < -0.3 is 14.5 Å². The molecule has 29 heavy (non-hydrogen) atoms. The summed E-state index contributed by atoms with van der Waals surface area (Å²) in [6.45, 7) is 6.06. The third-order valence-electron chi connectivity index (χ3n) is 5.09. The number of aromatic nitrogens is 1. The zero-order chi connectivity index (χ0) is 20.5. The van der Waals surface area contributed by atoms with Gasteiger partial charge in [0.05, 0.1) is 7.11 Å². The summed E-state index contributed by atoms with van der Waals surface area (Å²) in [6.07, 6.45) is 0. The van der Waals surface area contributed by atoms with Crippen LogP contribution in [0.4, 0.5) is 5.69 Å². The molecule has 1 N–H and O–H groups in total. The predicted octanol–water partition coefficient (Wildman–Crippen LogP) is 5.68. The molecule has 0 saturated carbocycles. The van der Waals surface area contributed by atoms with Crippen LogP contribution in [0.1, 0.15) is 27.0 Å². The van der Waals surface area contributed by atoms with Crippen molar-refractivity contribution in [2.45, 2.75) is 20.8 Å². The molecule has 0 fully saturated rings. The van der Waals surface area contributed by atoms with Gasteiger partial charge in [0, 0.05) is 16.8 Å². The minimum atomic E-state index is -0.184. The van der Waals surface area contributed by atoms with Gasteiger partial charge in [0.1, 0.15) is 11.3 Å². The molecule has 0 bridgehead atoms. The Balaban J connectivity index is 1.64. The number of carbonyl (C=O) groups excluding carboxylic acids is 1. The monoisotopic (exact) mass is 386 g/mol. The fourth-order valence-electron chi connectivity index (χ4n) is 3.13. The Morgan fingerprint density at radius 2 is 1.66 bits per heavy atom. The molecule has 146 valence electrons. The maximum Gasteiger partial charge on any atom is 0.255 e. The number of anilines is 1. The molecule has 0 aliphatic rings. The van der Waals surface area contributed by atoms with Gasteiger partial charge >= 0.3 is 0 Å². The van der Waals surface area contributed by atoms with E-state index in [0.717, 1.165) is 33.5 Å². The molecule has 5 heteroatoms. The van der Waals surface area contributed by atoms with Crippen molar-refractivity contribution in [1.82, 2.24) is 4.98 Å². The SMILES string of the molecule is COc1ccc(C(=O)Nc2cc(-c3nc4cc(C)c(C)cc4o3)ccc2C)cc1. The van der Waals surface area contributed by atoms with E-state index in [1.165, 1.54) is 5.56 Å². The Labute approximate surface area is 169 Å². The third-order valence-corrected chi connectivity index (χ3v) is 5.09. The molecule has 4 rings (SSSR count). The molecule has 0 saturated heterocycles. The number of carbonyl (C=O) groups is 1. The average molecular weight is 386 g/mol. The summed E-state index contributed by atoms with van der Waals surface area (Å²) in [4.78, 5) is 17.3. The van der Waals surface area contributed by atoms with Crippen LogP contribution in [0.3, 0.4) is 0 Å². The fourth-order valence-corrected chi connectivity index (χ4v) is 3.13. The molecule has 1 amide bonds. The quantitative estimate of drug-likeness (QED) is 0.490. The van der Waals surface area contributed by atoms with Crippen molar-refractivity contribution in [3.05, 3.63) is 76.9 Å². The van der Waals surface area contributed by atoms with E-state index in [9.17, 15) is 4.79 Å². The minimum Gasteiger partial charge on any atom is -0.497 e. The first kappa shape index (κ1) is 18.7. The number of ether oxygens (including phenoxy) is 1. The molecule has 0 unspecified atom stereocenters. The Morgan fingerprint density at radius 3 is 2.38 bits per heavy atom. The van der Waals surface area contributed by atoms with Crippen molar-refractivity contribution in [2.75, 3.05) is 12.4 Å². The van der Waals surface area contributed by atoms with E-state index in [1.54, 1.807) is 31.4 Å². The highest BCUT2D eigenvalue weighted by Crippen LogP contribution is 2.29. The van der Waals surface area contributed by atoms with Gasteiger partial charge in [-0.1, -0.05) is 6.07 Å². The molecule has 0 spiro atoms. The van der Waals surface area contributed by atoms with Crippen LogP contribution in [0.5, 0.6) is 5.75 Å². The summed E-state index contributed by atoms with van der Waals surface area (Å²) in [7, 11) is 1.60. The van der Waals surface area contributed by atoms with Crippen LogP contribution in [-0.4, -0.2) is 18.0 Å². The fraction of sp³-hybridized carbons (Fsp3) is 0.167. The standard InChI is InChI=1S/C24H22N2O3/c1-14-5-6-18(24-26-21-11-15(2)16(3)12-22(21)29-24)13-20(14)25-23(27)17-7-9-19(28-4)10-8-17/h5-13H,1-4H3,(H,25,27). The normalized spacial score (nSPS) is 10.9. The number of methoxy groups -OCH3 is 1. The Bertz CT molecular complexity index is 1170. The van der Waals surface area contributed by atoms with E-state index >= 15 is 0 Å². The topological polar surface area (TPSA) is 64.4 Å². The number of oxazole rings is 1. The Kier molecular flexibility index (Phi) is 4.80. The third kappa shape index (κ3) is 3.72. The second-order valence-electron chi connectivity index (χ2n) is 7.14. The van der Waals surface area contributed by atoms with Crippen molar-refractivity contribution in [3.8, 4) is 17.2 Å². The van der Waals surface area contributed by atoms with Gasteiger partial charge in [0.25, 0.3) is 5.91 Å². The lowest BCUT2D eigenvalue weighted by atomic mass is 10.1. The van der Waals surface area contributed by atoms with Crippen molar-refractivity contribution in [2.24, 2.45) is 0 Å². The molecule has 0 radical (unpaired) electrons. The van der Waals surface area contributed by atoms with Gasteiger partial charge in [-0.15, -0.1) is 0 Å². The zero-order valence-corrected chi connectivity index (χ0v) is 16.9. The lowest BCUT2D eigenvalue weighted by molar-refractivity contribution is 0.102. The van der Waals surface area contributed by atoms with Gasteiger partial charge in [0.15, 0.2) is 5.58 Å². The highest BCUT2D eigenvalue weighted by Gasteiger charge is 2.13. The smallest absolute Gasteiger partial charge is 0.255 e. The summed E-state index contributed by atoms with van der Waals surface area (Å²) in [6, 6.07) is 16.8. The number of rotatable bonds is 4. The molecule has 0 aliphatic heterocycles. The number of amides is 1. The second kappa shape index (κ2) is 7.43. The number of hydrogen-bond donors (Lipinski definition) is 1. The van der Waals surface area contributed by atoms with Gasteiger partial charge in [0.2, 0.25) is 5.89 Å². The van der Waals surface area contributed by atoms with Crippen LogP contribution in [-0.2, 0) is 0 Å². The van der Waals surface area contributed by atoms with E-state index in [1.807, 2.05) is 37.3 Å². The van der Waals surface area contributed by atoms with Crippen molar-refractivity contribution in [1.29, 1.82) is 0 Å². The molecular weight excluding hydrogens is 364 g/mol. The van der Waals surface area contributed by atoms with Gasteiger partial charge in [-0.3, -0.25) is 4.79 Å². The number of nitrogens with zero attached hydrogens (tertiary/aromatic N) is 1. The molecular formula is C24H22N2O3. The van der Waals surface area contributed by atoms with Crippen LogP contribution >= 0.6 is 0 Å². The van der Waals surface area contributed by atoms with E-state index < -0.39 is 0 Å². The second-order valence-corrected chi connectivity index (χ2v) is 7.14. The lowest BCUT2D eigenvalue weighted by Crippen LogP contribution is -2.12. The van der Waals surface area contributed by atoms with Crippen LogP contribution in [0, 0.1) is 20.8 Å². The molecule has 1 heterocycles. The molecule has 0 atom stereocenters. The van der Waals surface area contributed by atoms with E-state index in [4.69, 9.17) is 9.15 Å². The summed E-state index contributed by atoms with van der Waals surface area (Å²) in [5.74, 6) is 1.06. The summed E-state index contributed by atoms with van der Waals surface area (Å²) in [5, 5.41) is 2.98. The molecule has 3 aromatic carbocycles. The average Bonchev–Trinajstić information content (AvgIpc) is 3.12. The Morgan fingerprint density at radius 1 is 0.931 bits per heavy atom. The van der Waals surface area contributed by atoms with Crippen molar-refractivity contribution in [3.63, 3.8) is 0 Å². The summed E-state index contributed by atoms with van der Waals surface area (Å²) in [5.41, 5.74) is 6.97. The van der Waals surface area contributed by atoms with Crippen molar-refractivity contribution >= 4 is 22.7 Å². The summed E-state index contributed by atoms with van der Waals surface area (Å²) < 4.78 is 11.1.